The lowest BCUT2D eigenvalue weighted by atomic mass is 9.85. The number of fused-ring (bicyclic) bond motifs is 1. The van der Waals surface area contributed by atoms with Gasteiger partial charge in [0.1, 0.15) is 11.4 Å². The van der Waals surface area contributed by atoms with Crippen LogP contribution >= 0.6 is 0 Å². The molecule has 10 nitrogen and oxygen atoms in total. The summed E-state index contributed by atoms with van der Waals surface area (Å²) < 4.78 is 5.65. The first-order valence-corrected chi connectivity index (χ1v) is 14.6. The average molecular weight is 550 g/mol. The largest absolute Gasteiger partial charge is 0.495 e. The molecule has 2 aromatic rings. The number of hydrogen-bond donors (Lipinski definition) is 2. The standard InChI is InChI=1S/C30H43N7O3/c1-6-30(2)19-37(22-9-7-8-10-22)26-24(36(4)28(30)39)18-31-29(34-26)33-23-12-11-20(17-25(23)40-5)27(38)32-21-13-15-35(3)16-14-21/h11-12,17-18,21-22H,6-10,13-16,19H2,1-5H3,(H,32,38)(H,31,33,34). The summed E-state index contributed by atoms with van der Waals surface area (Å²) in [7, 11) is 5.52. The monoisotopic (exact) mass is 549 g/mol. The molecule has 2 fully saturated rings. The van der Waals surface area contributed by atoms with Gasteiger partial charge in [-0.15, -0.1) is 0 Å². The minimum absolute atomic E-state index is 0.0943. The summed E-state index contributed by atoms with van der Waals surface area (Å²) in [6.45, 7) is 6.74. The summed E-state index contributed by atoms with van der Waals surface area (Å²) in [6, 6.07) is 5.91. The van der Waals surface area contributed by atoms with Crippen molar-refractivity contribution in [3.63, 3.8) is 0 Å². The second-order valence-electron chi connectivity index (χ2n) is 11.8. The highest BCUT2D eigenvalue weighted by atomic mass is 16.5. The maximum Gasteiger partial charge on any atom is 0.251 e. The highest BCUT2D eigenvalue weighted by Gasteiger charge is 2.43. The third kappa shape index (κ3) is 5.59. The van der Waals surface area contributed by atoms with Crippen LogP contribution in [0.4, 0.5) is 23.1 Å². The second-order valence-corrected chi connectivity index (χ2v) is 11.8. The number of carbonyl (C=O) groups is 2. The number of nitrogens with one attached hydrogen (secondary N) is 2. The van der Waals surface area contributed by atoms with Gasteiger partial charge in [-0.25, -0.2) is 4.98 Å². The van der Waals surface area contributed by atoms with Crippen molar-refractivity contribution in [1.29, 1.82) is 0 Å². The number of aromatic nitrogens is 2. The number of ether oxygens (including phenoxy) is 1. The molecule has 3 heterocycles. The van der Waals surface area contributed by atoms with Crippen molar-refractivity contribution in [3.05, 3.63) is 30.0 Å². The molecule has 5 rings (SSSR count). The first kappa shape index (κ1) is 28.1. The number of methoxy groups -OCH3 is 1. The van der Waals surface area contributed by atoms with Crippen LogP contribution in [0.3, 0.4) is 0 Å². The Morgan fingerprint density at radius 1 is 1.15 bits per heavy atom. The van der Waals surface area contributed by atoms with E-state index in [9.17, 15) is 9.59 Å². The number of hydrogen-bond acceptors (Lipinski definition) is 8. The van der Waals surface area contributed by atoms with Gasteiger partial charge in [0, 0.05) is 31.2 Å². The van der Waals surface area contributed by atoms with E-state index >= 15 is 0 Å². The lowest BCUT2D eigenvalue weighted by Crippen LogP contribution is -2.46. The minimum Gasteiger partial charge on any atom is -0.495 e. The quantitative estimate of drug-likeness (QED) is 0.530. The molecule has 216 valence electrons. The van der Waals surface area contributed by atoms with E-state index < -0.39 is 5.41 Å². The van der Waals surface area contributed by atoms with Crippen molar-refractivity contribution >= 4 is 35.0 Å². The van der Waals surface area contributed by atoms with E-state index in [1.807, 2.05) is 13.1 Å². The summed E-state index contributed by atoms with van der Waals surface area (Å²) >= 11 is 0. The highest BCUT2D eigenvalue weighted by molar-refractivity contribution is 6.01. The topological polar surface area (TPSA) is 103 Å². The van der Waals surface area contributed by atoms with Crippen molar-refractivity contribution in [2.75, 3.05) is 56.0 Å². The Balaban J connectivity index is 1.40. The van der Waals surface area contributed by atoms with Crippen molar-refractivity contribution in [2.24, 2.45) is 5.41 Å². The van der Waals surface area contributed by atoms with E-state index in [0.717, 1.165) is 56.7 Å². The molecule has 0 radical (unpaired) electrons. The fourth-order valence-electron chi connectivity index (χ4n) is 6.17. The van der Waals surface area contributed by atoms with Crippen LogP contribution in [0.1, 0.15) is 69.2 Å². The second kappa shape index (κ2) is 11.6. The first-order valence-electron chi connectivity index (χ1n) is 14.6. The molecule has 0 bridgehead atoms. The molecule has 1 aromatic heterocycles. The summed E-state index contributed by atoms with van der Waals surface area (Å²) in [5.74, 6) is 1.74. The Morgan fingerprint density at radius 2 is 1.88 bits per heavy atom. The van der Waals surface area contributed by atoms with Gasteiger partial charge in [0.15, 0.2) is 5.82 Å². The van der Waals surface area contributed by atoms with Gasteiger partial charge in [0.2, 0.25) is 11.9 Å². The van der Waals surface area contributed by atoms with Gasteiger partial charge in [-0.1, -0.05) is 19.8 Å². The fraction of sp³-hybridized carbons (Fsp3) is 0.600. The summed E-state index contributed by atoms with van der Waals surface area (Å²) in [4.78, 5) is 42.3. The van der Waals surface area contributed by atoms with Crippen molar-refractivity contribution in [2.45, 2.75) is 70.9 Å². The summed E-state index contributed by atoms with van der Waals surface area (Å²) in [5.41, 5.74) is 1.45. The lowest BCUT2D eigenvalue weighted by molar-refractivity contribution is -0.126. The van der Waals surface area contributed by atoms with Crippen LogP contribution in [0, 0.1) is 5.41 Å². The van der Waals surface area contributed by atoms with Gasteiger partial charge in [0.05, 0.1) is 24.4 Å². The number of amides is 2. The normalized spacial score (nSPS) is 22.7. The summed E-state index contributed by atoms with van der Waals surface area (Å²) in [5, 5.41) is 6.47. The van der Waals surface area contributed by atoms with Crippen molar-refractivity contribution in [3.8, 4) is 5.75 Å². The molecular formula is C30H43N7O3. The van der Waals surface area contributed by atoms with Crippen molar-refractivity contribution in [1.82, 2.24) is 20.2 Å². The number of likely N-dealkylation sites (tertiary alicyclic amines) is 1. The average Bonchev–Trinajstić information content (AvgIpc) is 3.49. The van der Waals surface area contributed by atoms with Crippen LogP contribution in [0.15, 0.2) is 24.4 Å². The number of anilines is 4. The lowest BCUT2D eigenvalue weighted by Gasteiger charge is -2.35. The Bertz CT molecular complexity index is 1240. The van der Waals surface area contributed by atoms with Crippen LogP contribution in [-0.4, -0.2) is 79.6 Å². The molecule has 1 atom stereocenters. The smallest absolute Gasteiger partial charge is 0.251 e. The number of piperidine rings is 1. The molecule has 2 amide bonds. The van der Waals surface area contributed by atoms with Gasteiger partial charge in [-0.05, 0) is 77.4 Å². The van der Waals surface area contributed by atoms with Gasteiger partial charge in [-0.3, -0.25) is 9.59 Å². The fourth-order valence-corrected chi connectivity index (χ4v) is 6.17. The molecule has 1 unspecified atom stereocenters. The maximum atomic E-state index is 13.5. The van der Waals surface area contributed by atoms with Crippen LogP contribution in [0.5, 0.6) is 5.75 Å². The van der Waals surface area contributed by atoms with Crippen molar-refractivity contribution < 1.29 is 14.3 Å². The SMILES string of the molecule is CCC1(C)CN(C2CCCC2)c2nc(Nc3ccc(C(=O)NC4CCN(C)CC4)cc3OC)ncc2N(C)C1=O. The minimum atomic E-state index is -0.501. The van der Waals surface area contributed by atoms with Crippen LogP contribution in [0.2, 0.25) is 0 Å². The Kier molecular flexibility index (Phi) is 8.16. The van der Waals surface area contributed by atoms with Gasteiger partial charge in [0.25, 0.3) is 5.91 Å². The third-order valence-electron chi connectivity index (χ3n) is 9.03. The predicted octanol–water partition coefficient (Wildman–Crippen LogP) is 4.19. The molecule has 10 heteroatoms. The Hall–Kier alpha value is -3.40. The number of benzene rings is 1. The van der Waals surface area contributed by atoms with Gasteiger partial charge >= 0.3 is 0 Å². The molecule has 2 aliphatic heterocycles. The molecule has 1 saturated heterocycles. The zero-order valence-electron chi connectivity index (χ0n) is 24.5. The van der Waals surface area contributed by atoms with E-state index in [1.165, 1.54) is 12.8 Å². The molecule has 1 saturated carbocycles. The van der Waals surface area contributed by atoms with Crippen LogP contribution in [0.25, 0.3) is 0 Å². The zero-order valence-corrected chi connectivity index (χ0v) is 24.5. The molecular weight excluding hydrogens is 506 g/mol. The number of nitrogens with zero attached hydrogens (tertiary/aromatic N) is 5. The molecule has 0 spiro atoms. The highest BCUT2D eigenvalue weighted by Crippen LogP contribution is 2.42. The Labute approximate surface area is 237 Å². The molecule has 40 heavy (non-hydrogen) atoms. The van der Waals surface area contributed by atoms with E-state index in [4.69, 9.17) is 9.72 Å². The Morgan fingerprint density at radius 3 is 2.55 bits per heavy atom. The van der Waals surface area contributed by atoms with Gasteiger partial charge < -0.3 is 30.1 Å². The van der Waals surface area contributed by atoms with Crippen LogP contribution in [-0.2, 0) is 4.79 Å². The summed E-state index contributed by atoms with van der Waals surface area (Å²) in [6.07, 6.45) is 8.96. The number of rotatable bonds is 7. The first-order chi connectivity index (χ1) is 19.2. The number of carbonyl (C=O) groups excluding carboxylic acids is 2. The van der Waals surface area contributed by atoms with E-state index in [0.29, 0.717) is 35.5 Å². The third-order valence-corrected chi connectivity index (χ3v) is 9.03. The van der Waals surface area contributed by atoms with Gasteiger partial charge in [-0.2, -0.15) is 4.98 Å². The molecule has 3 aliphatic rings. The van der Waals surface area contributed by atoms with E-state index in [-0.39, 0.29) is 17.9 Å². The molecule has 2 N–H and O–H groups in total. The molecule has 1 aliphatic carbocycles. The van der Waals surface area contributed by atoms with E-state index in [1.54, 1.807) is 30.3 Å². The van der Waals surface area contributed by atoms with E-state index in [2.05, 4.69) is 46.3 Å². The van der Waals surface area contributed by atoms with Crippen LogP contribution < -0.4 is 25.2 Å². The maximum absolute atomic E-state index is 13.5. The zero-order chi connectivity index (χ0) is 28.4. The predicted molar refractivity (Wildman–Crippen MR) is 158 cm³/mol. The molecule has 1 aromatic carbocycles.